The highest BCUT2D eigenvalue weighted by Gasteiger charge is 2.12. The fraction of sp³-hybridized carbons (Fsp3) is 0.429. The Balaban J connectivity index is 2.32. The van der Waals surface area contributed by atoms with Crippen LogP contribution in [0, 0.1) is 0 Å². The number of benzene rings is 1. The Hall–Kier alpha value is -2.24. The fourth-order valence-corrected chi connectivity index (χ4v) is 1.60. The van der Waals surface area contributed by atoms with Crippen LogP contribution in [0.15, 0.2) is 24.3 Å². The van der Waals surface area contributed by atoms with Gasteiger partial charge in [0.25, 0.3) is 5.91 Å². The van der Waals surface area contributed by atoms with Gasteiger partial charge in [0.05, 0.1) is 0 Å². The number of carbonyl (C=O) groups excluding carboxylic acids is 2. The molecular weight excluding hydrogens is 260 g/mol. The van der Waals surface area contributed by atoms with Crippen LogP contribution in [-0.2, 0) is 14.3 Å². The molecule has 0 spiro atoms. The predicted molar refractivity (Wildman–Crippen MR) is 75.2 cm³/mol. The van der Waals surface area contributed by atoms with E-state index in [0.29, 0.717) is 24.5 Å². The van der Waals surface area contributed by atoms with Crippen LogP contribution in [0.3, 0.4) is 0 Å². The molecule has 0 unspecified atom stereocenters. The summed E-state index contributed by atoms with van der Waals surface area (Å²) in [6.45, 7) is 4.40. The molecule has 0 aliphatic heterocycles. The minimum absolute atomic E-state index is 0.215. The van der Waals surface area contributed by atoms with Crippen molar-refractivity contribution in [2.75, 3.05) is 32.0 Å². The van der Waals surface area contributed by atoms with Crippen LogP contribution in [0.2, 0.25) is 0 Å². The molecule has 1 aromatic rings. The number of hydrogen-bond acceptors (Lipinski definition) is 5. The van der Waals surface area contributed by atoms with Gasteiger partial charge in [-0.3, -0.25) is 4.79 Å². The Labute approximate surface area is 118 Å². The van der Waals surface area contributed by atoms with E-state index < -0.39 is 5.97 Å². The van der Waals surface area contributed by atoms with Crippen molar-refractivity contribution in [2.24, 2.45) is 0 Å². The number of hydrogen-bond donors (Lipinski definition) is 1. The lowest BCUT2D eigenvalue weighted by Crippen LogP contribution is -2.34. The second-order valence-electron chi connectivity index (χ2n) is 4.09. The third kappa shape index (κ3) is 5.17. The van der Waals surface area contributed by atoms with E-state index in [1.54, 1.807) is 29.2 Å². The molecule has 0 bridgehead atoms. The quantitative estimate of drug-likeness (QED) is 0.596. The highest BCUT2D eigenvalue weighted by atomic mass is 16.6. The van der Waals surface area contributed by atoms with Crippen LogP contribution in [0.4, 0.5) is 5.69 Å². The lowest BCUT2D eigenvalue weighted by molar-refractivity contribution is -0.153. The van der Waals surface area contributed by atoms with Gasteiger partial charge in [0.1, 0.15) is 5.75 Å². The number of amides is 1. The maximum atomic E-state index is 11.6. The molecule has 1 rings (SSSR count). The summed E-state index contributed by atoms with van der Waals surface area (Å²) >= 11 is 0. The van der Waals surface area contributed by atoms with Crippen molar-refractivity contribution in [2.45, 2.75) is 13.8 Å². The normalized spacial score (nSPS) is 9.90. The molecule has 0 aliphatic carbocycles. The molecule has 0 fully saturated rings. The average molecular weight is 280 g/mol. The minimum Gasteiger partial charge on any atom is -0.482 e. The molecule has 0 atom stereocenters. The van der Waals surface area contributed by atoms with E-state index in [1.165, 1.54) is 0 Å². The molecule has 1 amide bonds. The minimum atomic E-state index is -0.590. The third-order valence-corrected chi connectivity index (χ3v) is 2.69. The Morgan fingerprint density at radius 1 is 1.20 bits per heavy atom. The Bertz CT molecular complexity index is 458. The second-order valence-corrected chi connectivity index (χ2v) is 4.09. The van der Waals surface area contributed by atoms with Gasteiger partial charge >= 0.3 is 5.97 Å². The molecule has 1 aromatic carbocycles. The Morgan fingerprint density at radius 3 is 2.50 bits per heavy atom. The zero-order valence-electron chi connectivity index (χ0n) is 11.8. The molecule has 6 nitrogen and oxygen atoms in total. The second kappa shape index (κ2) is 8.04. The fourth-order valence-electron chi connectivity index (χ4n) is 1.60. The number of nitrogens with zero attached hydrogens (tertiary/aromatic N) is 1. The predicted octanol–water partition coefficient (Wildman–Crippen LogP) is 1.06. The van der Waals surface area contributed by atoms with Crippen LogP contribution in [-0.4, -0.2) is 43.1 Å². The first-order valence-corrected chi connectivity index (χ1v) is 6.48. The van der Waals surface area contributed by atoms with Gasteiger partial charge < -0.3 is 20.1 Å². The Morgan fingerprint density at radius 2 is 1.90 bits per heavy atom. The van der Waals surface area contributed by atoms with Crippen molar-refractivity contribution in [1.29, 1.82) is 0 Å². The standard InChI is InChI=1S/C14H20N2O4/c1-3-16(4-2)13(17)9-20-14(18)10-19-12-7-5-6-11(15)8-12/h5-8H,3-4,9-10,15H2,1-2H3. The van der Waals surface area contributed by atoms with E-state index in [4.69, 9.17) is 15.2 Å². The van der Waals surface area contributed by atoms with Crippen LogP contribution in [0.1, 0.15) is 13.8 Å². The summed E-state index contributed by atoms with van der Waals surface area (Å²) in [5.41, 5.74) is 6.13. The van der Waals surface area contributed by atoms with E-state index in [1.807, 2.05) is 13.8 Å². The SMILES string of the molecule is CCN(CC)C(=O)COC(=O)COc1cccc(N)c1. The highest BCUT2D eigenvalue weighted by molar-refractivity contribution is 5.81. The zero-order valence-corrected chi connectivity index (χ0v) is 11.8. The third-order valence-electron chi connectivity index (χ3n) is 2.69. The number of rotatable bonds is 7. The molecule has 20 heavy (non-hydrogen) atoms. The van der Waals surface area contributed by atoms with Gasteiger partial charge in [0, 0.05) is 24.8 Å². The monoisotopic (exact) mass is 280 g/mol. The zero-order chi connectivity index (χ0) is 15.0. The summed E-state index contributed by atoms with van der Waals surface area (Å²) in [5.74, 6) is -0.322. The van der Waals surface area contributed by atoms with Crippen LogP contribution < -0.4 is 10.5 Å². The van der Waals surface area contributed by atoms with Gasteiger partial charge in [0.2, 0.25) is 0 Å². The van der Waals surface area contributed by atoms with Crippen molar-refractivity contribution in [3.8, 4) is 5.75 Å². The first kappa shape index (κ1) is 15.8. The molecule has 6 heteroatoms. The summed E-state index contributed by atoms with van der Waals surface area (Å²) in [4.78, 5) is 24.7. The van der Waals surface area contributed by atoms with E-state index in [-0.39, 0.29) is 19.1 Å². The summed E-state index contributed by atoms with van der Waals surface area (Å²) in [6, 6.07) is 6.73. The van der Waals surface area contributed by atoms with E-state index in [9.17, 15) is 9.59 Å². The van der Waals surface area contributed by atoms with Crippen molar-refractivity contribution in [3.63, 3.8) is 0 Å². The average Bonchev–Trinajstić information content (AvgIpc) is 2.44. The lowest BCUT2D eigenvalue weighted by atomic mass is 10.3. The first-order chi connectivity index (χ1) is 9.56. The van der Waals surface area contributed by atoms with Crippen LogP contribution in [0.5, 0.6) is 5.75 Å². The lowest BCUT2D eigenvalue weighted by Gasteiger charge is -2.18. The smallest absolute Gasteiger partial charge is 0.344 e. The number of nitrogen functional groups attached to an aromatic ring is 1. The van der Waals surface area contributed by atoms with Gasteiger partial charge in [-0.05, 0) is 26.0 Å². The molecule has 0 saturated carbocycles. The molecule has 0 aliphatic rings. The topological polar surface area (TPSA) is 81.9 Å². The molecular formula is C14H20N2O4. The first-order valence-electron chi connectivity index (χ1n) is 6.48. The molecule has 2 N–H and O–H groups in total. The van der Waals surface area contributed by atoms with Gasteiger partial charge in [-0.2, -0.15) is 0 Å². The van der Waals surface area contributed by atoms with Crippen molar-refractivity contribution >= 4 is 17.6 Å². The van der Waals surface area contributed by atoms with Crippen LogP contribution >= 0.6 is 0 Å². The van der Waals surface area contributed by atoms with Gasteiger partial charge in [-0.1, -0.05) is 6.07 Å². The molecule has 0 radical (unpaired) electrons. The van der Waals surface area contributed by atoms with Gasteiger partial charge in [-0.15, -0.1) is 0 Å². The number of carbonyl (C=O) groups is 2. The number of ether oxygens (including phenoxy) is 2. The summed E-state index contributed by atoms with van der Waals surface area (Å²) in [7, 11) is 0. The van der Waals surface area contributed by atoms with Gasteiger partial charge in [-0.25, -0.2) is 4.79 Å². The van der Waals surface area contributed by atoms with Gasteiger partial charge in [0.15, 0.2) is 13.2 Å². The summed E-state index contributed by atoms with van der Waals surface area (Å²) in [5, 5.41) is 0. The van der Waals surface area contributed by atoms with E-state index in [0.717, 1.165) is 0 Å². The highest BCUT2D eigenvalue weighted by Crippen LogP contribution is 2.14. The molecule has 0 heterocycles. The summed E-state index contributed by atoms with van der Waals surface area (Å²) < 4.78 is 10.1. The maximum Gasteiger partial charge on any atom is 0.344 e. The van der Waals surface area contributed by atoms with E-state index in [2.05, 4.69) is 0 Å². The van der Waals surface area contributed by atoms with Crippen molar-refractivity contribution < 1.29 is 19.1 Å². The van der Waals surface area contributed by atoms with Crippen LogP contribution in [0.25, 0.3) is 0 Å². The largest absolute Gasteiger partial charge is 0.482 e. The number of nitrogens with two attached hydrogens (primary N) is 1. The number of esters is 1. The van der Waals surface area contributed by atoms with Crippen molar-refractivity contribution in [3.05, 3.63) is 24.3 Å². The Kier molecular flexibility index (Phi) is 6.36. The molecule has 0 saturated heterocycles. The summed E-state index contributed by atoms with van der Waals surface area (Å²) in [6.07, 6.45) is 0. The molecule has 110 valence electrons. The number of anilines is 1. The van der Waals surface area contributed by atoms with Crippen molar-refractivity contribution in [1.82, 2.24) is 4.90 Å². The maximum absolute atomic E-state index is 11.6. The number of likely N-dealkylation sites (N-methyl/N-ethyl adjacent to an activating group) is 1. The van der Waals surface area contributed by atoms with E-state index >= 15 is 0 Å². The molecule has 0 aromatic heterocycles.